The van der Waals surface area contributed by atoms with Crippen LogP contribution in [-0.2, 0) is 13.1 Å². The van der Waals surface area contributed by atoms with Gasteiger partial charge in [0.05, 0.1) is 0 Å². The highest BCUT2D eigenvalue weighted by Crippen LogP contribution is 2.29. The maximum absolute atomic E-state index is 6.25. The van der Waals surface area contributed by atoms with Gasteiger partial charge in [-0.1, -0.05) is 65.0 Å². The van der Waals surface area contributed by atoms with Crippen molar-refractivity contribution in [3.63, 3.8) is 0 Å². The van der Waals surface area contributed by atoms with Crippen molar-refractivity contribution in [3.05, 3.63) is 67.6 Å². The first kappa shape index (κ1) is 42.4. The number of rotatable bonds is 8. The topological polar surface area (TPSA) is 24.1 Å². The first-order valence-electron chi connectivity index (χ1n) is 9.80. The molecule has 34 heavy (non-hydrogen) atoms. The molecular formula is C22H32Cl10N2. The molecule has 3 rings (SSSR count). The molecule has 2 aromatic rings. The molecule has 0 heterocycles. The average molecular weight is 679 g/mol. The Kier molecular flexibility index (Phi) is 27.7. The van der Waals surface area contributed by atoms with Crippen LogP contribution in [0.4, 0.5) is 0 Å². The first-order valence-corrected chi connectivity index (χ1v) is 11.3. The zero-order chi connectivity index (χ0) is 19.9. The van der Waals surface area contributed by atoms with Crippen LogP contribution in [0.2, 0.25) is 20.1 Å². The van der Waals surface area contributed by atoms with E-state index in [1.165, 1.54) is 25.7 Å². The second kappa shape index (κ2) is 22.3. The molecule has 1 saturated carbocycles. The Hall–Kier alpha value is 1.26. The first-order chi connectivity index (χ1) is 13.5. The summed E-state index contributed by atoms with van der Waals surface area (Å²) >= 11 is 24.4. The van der Waals surface area contributed by atoms with Crippen LogP contribution in [0.25, 0.3) is 0 Å². The van der Waals surface area contributed by atoms with Gasteiger partial charge in [0, 0.05) is 33.2 Å². The number of benzene rings is 2. The minimum Gasteiger partial charge on any atom is -0.312 e. The normalized spacial score (nSPS) is 16.2. The van der Waals surface area contributed by atoms with Crippen molar-refractivity contribution in [1.29, 1.82) is 0 Å². The number of hydrogen-bond acceptors (Lipinski definition) is 2. The van der Waals surface area contributed by atoms with Crippen LogP contribution in [0, 0.1) is 11.8 Å². The molecular weight excluding hydrogens is 647 g/mol. The van der Waals surface area contributed by atoms with E-state index in [4.69, 9.17) is 46.4 Å². The van der Waals surface area contributed by atoms with Crippen LogP contribution in [-0.4, -0.2) is 13.1 Å². The van der Waals surface area contributed by atoms with E-state index in [0.717, 1.165) is 47.4 Å². The van der Waals surface area contributed by atoms with E-state index in [2.05, 4.69) is 10.6 Å². The van der Waals surface area contributed by atoms with Crippen LogP contribution in [0.5, 0.6) is 0 Å². The van der Waals surface area contributed by atoms with E-state index in [1.54, 1.807) is 12.1 Å². The van der Waals surface area contributed by atoms with Crippen molar-refractivity contribution < 1.29 is 0 Å². The third-order valence-corrected chi connectivity index (χ3v) is 6.59. The van der Waals surface area contributed by atoms with Crippen molar-refractivity contribution in [2.45, 2.75) is 38.8 Å². The summed E-state index contributed by atoms with van der Waals surface area (Å²) < 4.78 is 0. The zero-order valence-electron chi connectivity index (χ0n) is 18.2. The predicted octanol–water partition coefficient (Wildman–Crippen LogP) is 9.52. The van der Waals surface area contributed by atoms with Gasteiger partial charge in [-0.05, 0) is 79.6 Å². The molecule has 1 aliphatic carbocycles. The summed E-state index contributed by atoms with van der Waals surface area (Å²) in [6.07, 6.45) is 5.13. The van der Waals surface area contributed by atoms with E-state index in [-0.39, 0.29) is 74.4 Å². The zero-order valence-corrected chi connectivity index (χ0v) is 26.2. The Balaban J connectivity index is -0.000000750. The molecule has 0 amide bonds. The van der Waals surface area contributed by atoms with E-state index >= 15 is 0 Å². The van der Waals surface area contributed by atoms with Crippen LogP contribution in [0.1, 0.15) is 36.8 Å². The molecule has 2 N–H and O–H groups in total. The fourth-order valence-electron chi connectivity index (χ4n) is 3.93. The summed E-state index contributed by atoms with van der Waals surface area (Å²) in [5, 5.41) is 9.95. The number of nitrogens with one attached hydrogen (secondary N) is 2. The molecule has 2 unspecified atom stereocenters. The second-order valence-electron chi connectivity index (χ2n) is 7.63. The van der Waals surface area contributed by atoms with Gasteiger partial charge < -0.3 is 10.6 Å². The van der Waals surface area contributed by atoms with Gasteiger partial charge in [-0.25, -0.2) is 0 Å². The quantitative estimate of drug-likeness (QED) is 0.291. The van der Waals surface area contributed by atoms with Gasteiger partial charge in [0.1, 0.15) is 0 Å². The van der Waals surface area contributed by atoms with Crippen molar-refractivity contribution in [3.8, 4) is 0 Å². The van der Waals surface area contributed by atoms with Crippen LogP contribution < -0.4 is 10.6 Å². The monoisotopic (exact) mass is 674 g/mol. The standard InChI is InChI=1S/C22H26Cl4N2.6ClH/c23-19-6-4-17(21(25)9-19)13-27-11-15-2-1-3-16(8-15)12-28-14-18-5-7-20(24)10-22(18)26;;;;;;/h4-7,9-10,15-16,27-28H,1-3,8,11-14H2;6*1H. The van der Waals surface area contributed by atoms with Gasteiger partial charge in [-0.15, -0.1) is 74.4 Å². The van der Waals surface area contributed by atoms with Gasteiger partial charge in [0.15, 0.2) is 0 Å². The molecule has 2 aromatic carbocycles. The van der Waals surface area contributed by atoms with Gasteiger partial charge in [-0.2, -0.15) is 0 Å². The molecule has 12 heteroatoms. The Labute approximate surface area is 260 Å². The maximum Gasteiger partial charge on any atom is 0.0465 e. The average Bonchev–Trinajstić information content (AvgIpc) is 2.66. The second-order valence-corrected chi connectivity index (χ2v) is 9.32. The lowest BCUT2D eigenvalue weighted by atomic mass is 9.81. The lowest BCUT2D eigenvalue weighted by molar-refractivity contribution is 0.252. The maximum atomic E-state index is 6.25. The Morgan fingerprint density at radius 2 is 1.00 bits per heavy atom. The van der Waals surface area contributed by atoms with E-state index < -0.39 is 0 Å². The summed E-state index contributed by atoms with van der Waals surface area (Å²) in [5.74, 6) is 1.43. The molecule has 0 radical (unpaired) electrons. The lowest BCUT2D eigenvalue weighted by Crippen LogP contribution is -2.31. The minimum atomic E-state index is 0. The SMILES string of the molecule is Cl.Cl.Cl.Cl.Cl.Cl.Clc1ccc(CNCC2CCCC(CNCc3ccc(Cl)cc3Cl)C2)c(Cl)c1. The van der Waals surface area contributed by atoms with Gasteiger partial charge in [0.25, 0.3) is 0 Å². The van der Waals surface area contributed by atoms with Crippen molar-refractivity contribution >= 4 is 121 Å². The summed E-state index contributed by atoms with van der Waals surface area (Å²) in [4.78, 5) is 0. The summed E-state index contributed by atoms with van der Waals surface area (Å²) in [6.45, 7) is 3.62. The van der Waals surface area contributed by atoms with Gasteiger partial charge in [0.2, 0.25) is 0 Å². The molecule has 2 nitrogen and oxygen atoms in total. The van der Waals surface area contributed by atoms with Gasteiger partial charge in [-0.3, -0.25) is 0 Å². The van der Waals surface area contributed by atoms with Gasteiger partial charge >= 0.3 is 0 Å². The molecule has 0 aliphatic heterocycles. The highest BCUT2D eigenvalue weighted by atomic mass is 35.5. The number of hydrogen-bond donors (Lipinski definition) is 2. The smallest absolute Gasteiger partial charge is 0.0465 e. The third kappa shape index (κ3) is 14.3. The number of halogens is 10. The molecule has 0 bridgehead atoms. The summed E-state index contributed by atoms with van der Waals surface area (Å²) in [5.41, 5.74) is 2.19. The Morgan fingerprint density at radius 1 is 0.618 bits per heavy atom. The molecule has 1 fully saturated rings. The molecule has 200 valence electrons. The summed E-state index contributed by atoms with van der Waals surface area (Å²) in [7, 11) is 0. The highest BCUT2D eigenvalue weighted by molar-refractivity contribution is 6.35. The van der Waals surface area contributed by atoms with Crippen molar-refractivity contribution in [1.82, 2.24) is 10.6 Å². The summed E-state index contributed by atoms with van der Waals surface area (Å²) in [6, 6.07) is 11.4. The van der Waals surface area contributed by atoms with E-state index in [9.17, 15) is 0 Å². The molecule has 1 aliphatic rings. The Bertz CT molecular complexity index is 731. The van der Waals surface area contributed by atoms with Crippen LogP contribution >= 0.6 is 121 Å². The molecule has 2 atom stereocenters. The Morgan fingerprint density at radius 3 is 1.35 bits per heavy atom. The third-order valence-electron chi connectivity index (χ3n) is 5.42. The predicted molar refractivity (Wildman–Crippen MR) is 165 cm³/mol. The van der Waals surface area contributed by atoms with Crippen molar-refractivity contribution in [2.75, 3.05) is 13.1 Å². The minimum absolute atomic E-state index is 0. The van der Waals surface area contributed by atoms with E-state index in [1.807, 2.05) is 24.3 Å². The van der Waals surface area contributed by atoms with Crippen LogP contribution in [0.15, 0.2) is 36.4 Å². The van der Waals surface area contributed by atoms with Crippen molar-refractivity contribution in [2.24, 2.45) is 11.8 Å². The largest absolute Gasteiger partial charge is 0.312 e. The highest BCUT2D eigenvalue weighted by Gasteiger charge is 2.21. The fourth-order valence-corrected chi connectivity index (χ4v) is 4.88. The van der Waals surface area contributed by atoms with Crippen LogP contribution in [0.3, 0.4) is 0 Å². The fraction of sp³-hybridized carbons (Fsp3) is 0.455. The molecule has 0 aromatic heterocycles. The molecule has 0 spiro atoms. The molecule has 0 saturated heterocycles. The van der Waals surface area contributed by atoms with E-state index in [0.29, 0.717) is 21.9 Å². The lowest BCUT2D eigenvalue weighted by Gasteiger charge is -2.29.